The molecule has 1 aliphatic heterocycles. The number of hydrogen-bond acceptors (Lipinski definition) is 2. The molecule has 0 radical (unpaired) electrons. The largest absolute Gasteiger partial charge is 0.326 e. The molecule has 1 heterocycles. The van der Waals surface area contributed by atoms with Gasteiger partial charge in [-0.2, -0.15) is 0 Å². The summed E-state index contributed by atoms with van der Waals surface area (Å²) in [5.41, 5.74) is 8.40. The maximum atomic E-state index is 5.71. The van der Waals surface area contributed by atoms with E-state index in [0.29, 0.717) is 6.54 Å². The minimum atomic E-state index is 0.657. The van der Waals surface area contributed by atoms with Crippen LogP contribution >= 0.6 is 0 Å². The number of likely N-dealkylation sites (tertiary alicyclic amines) is 1. The Morgan fingerprint density at radius 2 is 1.71 bits per heavy atom. The summed E-state index contributed by atoms with van der Waals surface area (Å²) in [6.45, 7) is 4.23. The average Bonchev–Trinajstić information content (AvgIpc) is 2.71. The SMILES string of the molecule is NCc1ccccc1CN1CCCC1. The van der Waals surface area contributed by atoms with E-state index in [-0.39, 0.29) is 0 Å². The molecule has 0 aromatic heterocycles. The molecule has 0 saturated carbocycles. The Labute approximate surface area is 85.7 Å². The van der Waals surface area contributed by atoms with Crippen LogP contribution in [0.3, 0.4) is 0 Å². The third kappa shape index (κ3) is 2.14. The van der Waals surface area contributed by atoms with Gasteiger partial charge in [-0.15, -0.1) is 0 Å². The van der Waals surface area contributed by atoms with Gasteiger partial charge in [-0.25, -0.2) is 0 Å². The zero-order chi connectivity index (χ0) is 9.80. The quantitative estimate of drug-likeness (QED) is 0.786. The molecule has 0 aliphatic carbocycles. The van der Waals surface area contributed by atoms with Crippen LogP contribution in [0.25, 0.3) is 0 Å². The van der Waals surface area contributed by atoms with Crippen LogP contribution in [0.5, 0.6) is 0 Å². The van der Waals surface area contributed by atoms with E-state index >= 15 is 0 Å². The molecule has 76 valence electrons. The summed E-state index contributed by atoms with van der Waals surface area (Å²) in [7, 11) is 0. The molecule has 1 aliphatic rings. The van der Waals surface area contributed by atoms with Crippen molar-refractivity contribution in [2.75, 3.05) is 13.1 Å². The van der Waals surface area contributed by atoms with Gasteiger partial charge in [0.1, 0.15) is 0 Å². The van der Waals surface area contributed by atoms with Crippen LogP contribution in [-0.2, 0) is 13.1 Å². The summed E-state index contributed by atoms with van der Waals surface area (Å²) in [5.74, 6) is 0. The Balaban J connectivity index is 2.07. The van der Waals surface area contributed by atoms with Gasteiger partial charge in [0.25, 0.3) is 0 Å². The summed E-state index contributed by atoms with van der Waals surface area (Å²) in [4.78, 5) is 2.51. The maximum absolute atomic E-state index is 5.71. The molecule has 2 nitrogen and oxygen atoms in total. The van der Waals surface area contributed by atoms with Gasteiger partial charge in [-0.3, -0.25) is 4.90 Å². The Morgan fingerprint density at radius 1 is 1.07 bits per heavy atom. The lowest BCUT2D eigenvalue weighted by atomic mass is 10.1. The van der Waals surface area contributed by atoms with E-state index in [1.807, 2.05) is 0 Å². The standard InChI is InChI=1S/C12H18N2/c13-9-11-5-1-2-6-12(11)10-14-7-3-4-8-14/h1-2,5-6H,3-4,7-10,13H2. The molecular weight excluding hydrogens is 172 g/mol. The second-order valence-electron chi connectivity index (χ2n) is 3.96. The number of nitrogens with zero attached hydrogens (tertiary/aromatic N) is 1. The summed E-state index contributed by atoms with van der Waals surface area (Å²) in [6.07, 6.45) is 2.70. The van der Waals surface area contributed by atoms with Crippen molar-refractivity contribution in [3.05, 3.63) is 35.4 Å². The summed E-state index contributed by atoms with van der Waals surface area (Å²) >= 11 is 0. The van der Waals surface area contributed by atoms with Crippen LogP contribution in [-0.4, -0.2) is 18.0 Å². The van der Waals surface area contributed by atoms with Crippen molar-refractivity contribution < 1.29 is 0 Å². The fourth-order valence-corrected chi connectivity index (χ4v) is 2.09. The van der Waals surface area contributed by atoms with Crippen molar-refractivity contribution >= 4 is 0 Å². The summed E-state index contributed by atoms with van der Waals surface area (Å²) in [6, 6.07) is 8.49. The molecule has 2 heteroatoms. The lowest BCUT2D eigenvalue weighted by Gasteiger charge is -2.16. The predicted octanol–water partition coefficient (Wildman–Crippen LogP) is 1.74. The van der Waals surface area contributed by atoms with E-state index < -0.39 is 0 Å². The van der Waals surface area contributed by atoms with Crippen molar-refractivity contribution in [3.8, 4) is 0 Å². The number of rotatable bonds is 3. The van der Waals surface area contributed by atoms with E-state index in [1.165, 1.54) is 37.1 Å². The molecule has 2 N–H and O–H groups in total. The van der Waals surface area contributed by atoms with Crippen LogP contribution in [0.15, 0.2) is 24.3 Å². The van der Waals surface area contributed by atoms with Gasteiger partial charge in [0.2, 0.25) is 0 Å². The minimum absolute atomic E-state index is 0.657. The topological polar surface area (TPSA) is 29.3 Å². The molecule has 1 fully saturated rings. The van der Waals surface area contributed by atoms with E-state index in [4.69, 9.17) is 5.73 Å². The first kappa shape index (κ1) is 9.69. The first-order valence-corrected chi connectivity index (χ1v) is 5.39. The minimum Gasteiger partial charge on any atom is -0.326 e. The average molecular weight is 190 g/mol. The van der Waals surface area contributed by atoms with Crippen LogP contribution in [0.2, 0.25) is 0 Å². The lowest BCUT2D eigenvalue weighted by molar-refractivity contribution is 0.330. The van der Waals surface area contributed by atoms with Gasteiger partial charge < -0.3 is 5.73 Å². The zero-order valence-corrected chi connectivity index (χ0v) is 8.58. The van der Waals surface area contributed by atoms with Gasteiger partial charge in [0, 0.05) is 13.1 Å². The number of benzene rings is 1. The van der Waals surface area contributed by atoms with Gasteiger partial charge in [0.05, 0.1) is 0 Å². The fraction of sp³-hybridized carbons (Fsp3) is 0.500. The van der Waals surface area contributed by atoms with Gasteiger partial charge >= 0.3 is 0 Å². The maximum Gasteiger partial charge on any atom is 0.0236 e. The molecule has 0 unspecified atom stereocenters. The molecule has 0 bridgehead atoms. The number of hydrogen-bond donors (Lipinski definition) is 1. The number of nitrogens with two attached hydrogens (primary N) is 1. The molecule has 1 saturated heterocycles. The molecule has 0 atom stereocenters. The van der Waals surface area contributed by atoms with Crippen molar-refractivity contribution in [3.63, 3.8) is 0 Å². The zero-order valence-electron chi connectivity index (χ0n) is 8.58. The van der Waals surface area contributed by atoms with E-state index in [0.717, 1.165) is 6.54 Å². The van der Waals surface area contributed by atoms with Gasteiger partial charge in [0.15, 0.2) is 0 Å². The molecule has 0 amide bonds. The molecule has 0 spiro atoms. The molecule has 2 rings (SSSR count). The molecule has 1 aromatic rings. The highest BCUT2D eigenvalue weighted by atomic mass is 15.1. The predicted molar refractivity (Wildman–Crippen MR) is 58.8 cm³/mol. The Morgan fingerprint density at radius 3 is 2.36 bits per heavy atom. The van der Waals surface area contributed by atoms with Crippen LogP contribution in [0.4, 0.5) is 0 Å². The Hall–Kier alpha value is -0.860. The third-order valence-corrected chi connectivity index (χ3v) is 2.93. The fourth-order valence-electron chi connectivity index (χ4n) is 2.09. The van der Waals surface area contributed by atoms with Crippen molar-refractivity contribution in [1.82, 2.24) is 4.90 Å². The summed E-state index contributed by atoms with van der Waals surface area (Å²) in [5, 5.41) is 0. The Bertz CT molecular complexity index is 290. The van der Waals surface area contributed by atoms with E-state index in [9.17, 15) is 0 Å². The highest BCUT2D eigenvalue weighted by Crippen LogP contribution is 2.15. The lowest BCUT2D eigenvalue weighted by Crippen LogP contribution is -2.19. The molecule has 14 heavy (non-hydrogen) atoms. The highest BCUT2D eigenvalue weighted by Gasteiger charge is 2.12. The summed E-state index contributed by atoms with van der Waals surface area (Å²) < 4.78 is 0. The monoisotopic (exact) mass is 190 g/mol. The second kappa shape index (κ2) is 4.58. The van der Waals surface area contributed by atoms with E-state index in [1.54, 1.807) is 0 Å². The Kier molecular flexibility index (Phi) is 3.17. The third-order valence-electron chi connectivity index (χ3n) is 2.93. The van der Waals surface area contributed by atoms with Crippen LogP contribution < -0.4 is 5.73 Å². The highest BCUT2D eigenvalue weighted by molar-refractivity contribution is 5.26. The van der Waals surface area contributed by atoms with Crippen molar-refractivity contribution in [2.24, 2.45) is 5.73 Å². The first-order chi connectivity index (χ1) is 6.90. The van der Waals surface area contributed by atoms with Gasteiger partial charge in [-0.05, 0) is 37.1 Å². The smallest absolute Gasteiger partial charge is 0.0236 e. The van der Waals surface area contributed by atoms with Crippen LogP contribution in [0.1, 0.15) is 24.0 Å². The first-order valence-electron chi connectivity index (χ1n) is 5.39. The normalized spacial score (nSPS) is 17.5. The second-order valence-corrected chi connectivity index (χ2v) is 3.96. The molecule has 1 aromatic carbocycles. The van der Waals surface area contributed by atoms with Crippen molar-refractivity contribution in [2.45, 2.75) is 25.9 Å². The van der Waals surface area contributed by atoms with Gasteiger partial charge in [-0.1, -0.05) is 24.3 Å². The van der Waals surface area contributed by atoms with Crippen molar-refractivity contribution in [1.29, 1.82) is 0 Å². The van der Waals surface area contributed by atoms with E-state index in [2.05, 4.69) is 29.2 Å². The van der Waals surface area contributed by atoms with Crippen LogP contribution in [0, 0.1) is 0 Å². The molecular formula is C12H18N2.